The molecule has 0 aliphatic heterocycles. The fourth-order valence-electron chi connectivity index (χ4n) is 1.28. The number of carbonyl (C=O) groups is 1. The quantitative estimate of drug-likeness (QED) is 0.679. The molecule has 0 unspecified atom stereocenters. The van der Waals surface area contributed by atoms with Gasteiger partial charge in [-0.15, -0.1) is 0 Å². The van der Waals surface area contributed by atoms with Crippen LogP contribution in [0.5, 0.6) is 0 Å². The van der Waals surface area contributed by atoms with Crippen molar-refractivity contribution in [2.45, 2.75) is 13.3 Å². The van der Waals surface area contributed by atoms with Gasteiger partial charge in [0.25, 0.3) is 0 Å². The van der Waals surface area contributed by atoms with Crippen LogP contribution < -0.4 is 0 Å². The van der Waals surface area contributed by atoms with Crippen LogP contribution in [0.15, 0.2) is 18.2 Å². The Morgan fingerprint density at radius 2 is 2.21 bits per heavy atom. The van der Waals surface area contributed by atoms with Crippen LogP contribution >= 0.6 is 0 Å². The highest BCUT2D eigenvalue weighted by Gasteiger charge is 2.10. The first-order chi connectivity index (χ1) is 6.70. The number of esters is 1. The van der Waals surface area contributed by atoms with Gasteiger partial charge in [-0.2, -0.15) is 0 Å². The first-order valence-corrected chi connectivity index (χ1v) is 4.22. The van der Waals surface area contributed by atoms with Crippen LogP contribution in [-0.2, 0) is 16.0 Å². The highest BCUT2D eigenvalue weighted by molar-refractivity contribution is 5.91. The highest BCUT2D eigenvalue weighted by atomic mass is 16.5. The van der Waals surface area contributed by atoms with Gasteiger partial charge < -0.3 is 4.74 Å². The summed E-state index contributed by atoms with van der Waals surface area (Å²) in [6.45, 7) is 1.79. The Morgan fingerprint density at radius 1 is 1.50 bits per heavy atom. The molecular formula is C11H11O3. The lowest BCUT2D eigenvalue weighted by atomic mass is 10.0. The molecule has 0 bridgehead atoms. The lowest BCUT2D eigenvalue weighted by Crippen LogP contribution is -2.05. The average Bonchev–Trinajstić information content (AvgIpc) is 2.20. The zero-order valence-corrected chi connectivity index (χ0v) is 8.16. The van der Waals surface area contributed by atoms with Gasteiger partial charge in [0.05, 0.1) is 12.7 Å². The molecule has 0 spiro atoms. The predicted molar refractivity (Wildman–Crippen MR) is 51.9 cm³/mol. The Labute approximate surface area is 82.7 Å². The molecule has 0 amide bonds. The molecule has 1 rings (SSSR count). The molecule has 1 aromatic rings. The third-order valence-electron chi connectivity index (χ3n) is 2.11. The summed E-state index contributed by atoms with van der Waals surface area (Å²) >= 11 is 0. The van der Waals surface area contributed by atoms with Crippen molar-refractivity contribution in [1.29, 1.82) is 0 Å². The summed E-state index contributed by atoms with van der Waals surface area (Å²) in [6, 6.07) is 5.20. The van der Waals surface area contributed by atoms with Crippen LogP contribution in [0.4, 0.5) is 0 Å². The first kappa shape index (κ1) is 10.4. The van der Waals surface area contributed by atoms with Crippen molar-refractivity contribution < 1.29 is 14.3 Å². The smallest absolute Gasteiger partial charge is 0.338 e. The normalized spacial score (nSPS) is 9.57. The van der Waals surface area contributed by atoms with E-state index in [0.29, 0.717) is 5.56 Å². The van der Waals surface area contributed by atoms with Crippen molar-refractivity contribution in [1.82, 2.24) is 0 Å². The van der Waals surface area contributed by atoms with Crippen molar-refractivity contribution in [2.75, 3.05) is 7.11 Å². The standard InChI is InChI=1S/C11H11O3/c1-8-9(6-7-12)4-3-5-10(8)11(13)14-2/h3-5H,6H2,1-2H3. The predicted octanol–water partition coefficient (Wildman–Crippen LogP) is 1.43. The molecule has 0 heterocycles. The van der Waals surface area contributed by atoms with Crippen molar-refractivity contribution >= 4 is 12.3 Å². The molecule has 1 aromatic carbocycles. The maximum atomic E-state index is 11.3. The van der Waals surface area contributed by atoms with Gasteiger partial charge in [-0.1, -0.05) is 12.1 Å². The Morgan fingerprint density at radius 3 is 2.79 bits per heavy atom. The van der Waals surface area contributed by atoms with Crippen LogP contribution in [0.2, 0.25) is 0 Å². The van der Waals surface area contributed by atoms with Crippen LogP contribution in [0.1, 0.15) is 21.5 Å². The molecule has 0 fully saturated rings. The van der Waals surface area contributed by atoms with E-state index in [0.717, 1.165) is 11.1 Å². The second-order valence-electron chi connectivity index (χ2n) is 2.90. The van der Waals surface area contributed by atoms with E-state index >= 15 is 0 Å². The van der Waals surface area contributed by atoms with Gasteiger partial charge in [-0.05, 0) is 24.1 Å². The number of hydrogen-bond acceptors (Lipinski definition) is 3. The second kappa shape index (κ2) is 4.56. The summed E-state index contributed by atoms with van der Waals surface area (Å²) in [5, 5.41) is 0. The summed E-state index contributed by atoms with van der Waals surface area (Å²) in [6.07, 6.45) is 2.01. The second-order valence-corrected chi connectivity index (χ2v) is 2.90. The minimum atomic E-state index is -0.379. The molecule has 0 atom stereocenters. The highest BCUT2D eigenvalue weighted by Crippen LogP contribution is 2.14. The minimum absolute atomic E-state index is 0.205. The van der Waals surface area contributed by atoms with Crippen molar-refractivity contribution in [3.05, 3.63) is 34.9 Å². The molecule has 73 valence electrons. The summed E-state index contributed by atoms with van der Waals surface area (Å²) in [7, 11) is 1.33. The Kier molecular flexibility index (Phi) is 3.40. The maximum Gasteiger partial charge on any atom is 0.338 e. The summed E-state index contributed by atoms with van der Waals surface area (Å²) < 4.78 is 4.61. The van der Waals surface area contributed by atoms with E-state index in [9.17, 15) is 9.59 Å². The lowest BCUT2D eigenvalue weighted by molar-refractivity contribution is 0.0600. The third-order valence-corrected chi connectivity index (χ3v) is 2.11. The molecule has 14 heavy (non-hydrogen) atoms. The van der Waals surface area contributed by atoms with Gasteiger partial charge >= 0.3 is 5.97 Å². The lowest BCUT2D eigenvalue weighted by Gasteiger charge is -2.06. The van der Waals surface area contributed by atoms with Gasteiger partial charge in [-0.25, -0.2) is 4.79 Å². The number of rotatable bonds is 3. The summed E-state index contributed by atoms with van der Waals surface area (Å²) in [5.41, 5.74) is 2.09. The van der Waals surface area contributed by atoms with Crippen molar-refractivity contribution in [3.63, 3.8) is 0 Å². The minimum Gasteiger partial charge on any atom is -0.465 e. The number of methoxy groups -OCH3 is 1. The largest absolute Gasteiger partial charge is 0.465 e. The van der Waals surface area contributed by atoms with Crippen LogP contribution in [0, 0.1) is 6.92 Å². The summed E-state index contributed by atoms with van der Waals surface area (Å²) in [5.74, 6) is -0.379. The Balaban J connectivity index is 3.13. The monoisotopic (exact) mass is 191 g/mol. The van der Waals surface area contributed by atoms with Gasteiger partial charge in [0.15, 0.2) is 0 Å². The molecule has 0 saturated carbocycles. The first-order valence-electron chi connectivity index (χ1n) is 4.22. The molecule has 0 aliphatic rings. The van der Waals surface area contributed by atoms with E-state index in [1.54, 1.807) is 31.4 Å². The summed E-state index contributed by atoms with van der Waals surface area (Å²) in [4.78, 5) is 21.5. The zero-order valence-electron chi connectivity index (χ0n) is 8.16. The fraction of sp³-hybridized carbons (Fsp3) is 0.273. The number of hydrogen-bond donors (Lipinski definition) is 0. The van der Waals surface area contributed by atoms with E-state index in [1.165, 1.54) is 7.11 Å². The van der Waals surface area contributed by atoms with Gasteiger partial charge in [-0.3, -0.25) is 4.79 Å². The number of carbonyl (C=O) groups excluding carboxylic acids is 2. The number of benzene rings is 1. The Bertz CT molecular complexity index is 356. The molecule has 0 aromatic heterocycles. The van der Waals surface area contributed by atoms with Crippen LogP contribution in [0.3, 0.4) is 0 Å². The van der Waals surface area contributed by atoms with Gasteiger partial charge in [0.1, 0.15) is 0 Å². The van der Waals surface area contributed by atoms with E-state index in [4.69, 9.17) is 0 Å². The molecule has 0 aliphatic carbocycles. The van der Waals surface area contributed by atoms with E-state index in [-0.39, 0.29) is 12.4 Å². The maximum absolute atomic E-state index is 11.3. The SMILES string of the molecule is COC(=O)c1cccc(C[C]=O)c1C. The van der Waals surface area contributed by atoms with Crippen molar-refractivity contribution in [2.24, 2.45) is 0 Å². The van der Waals surface area contributed by atoms with Crippen LogP contribution in [-0.4, -0.2) is 19.4 Å². The molecular weight excluding hydrogens is 180 g/mol. The Hall–Kier alpha value is -1.64. The number of ether oxygens (including phenoxy) is 1. The van der Waals surface area contributed by atoms with Gasteiger partial charge in [0.2, 0.25) is 6.29 Å². The molecule has 3 nitrogen and oxygen atoms in total. The zero-order chi connectivity index (χ0) is 10.6. The van der Waals surface area contributed by atoms with Crippen molar-refractivity contribution in [3.8, 4) is 0 Å². The van der Waals surface area contributed by atoms with E-state index in [1.807, 2.05) is 0 Å². The topological polar surface area (TPSA) is 43.4 Å². The van der Waals surface area contributed by atoms with Gasteiger partial charge in [0, 0.05) is 6.42 Å². The van der Waals surface area contributed by atoms with Crippen LogP contribution in [0.25, 0.3) is 0 Å². The fourth-order valence-corrected chi connectivity index (χ4v) is 1.28. The average molecular weight is 191 g/mol. The molecule has 1 radical (unpaired) electrons. The molecule has 0 N–H and O–H groups in total. The van der Waals surface area contributed by atoms with E-state index in [2.05, 4.69) is 4.74 Å². The molecule has 0 saturated heterocycles. The third kappa shape index (κ3) is 1.99. The van der Waals surface area contributed by atoms with E-state index < -0.39 is 0 Å². The molecule has 3 heteroatoms.